The van der Waals surface area contributed by atoms with Crippen molar-refractivity contribution in [2.45, 2.75) is 84.0 Å². The van der Waals surface area contributed by atoms with Gasteiger partial charge in [0.1, 0.15) is 18.1 Å². The molecular formula is C27H45N7O5. The lowest BCUT2D eigenvalue weighted by molar-refractivity contribution is -0.142. The maximum absolute atomic E-state index is 13.3. The van der Waals surface area contributed by atoms with Gasteiger partial charge < -0.3 is 38.3 Å². The van der Waals surface area contributed by atoms with Crippen LogP contribution in [0.5, 0.6) is 0 Å². The Morgan fingerprint density at radius 1 is 0.821 bits per heavy atom. The number of aliphatic imine (C=N–C) groups is 1. The minimum Gasteiger partial charge on any atom is -0.480 e. The normalized spacial score (nSPS) is 14.1. The summed E-state index contributed by atoms with van der Waals surface area (Å²) in [5.74, 6) is -2.74. The molecule has 0 aliphatic heterocycles. The van der Waals surface area contributed by atoms with Crippen molar-refractivity contribution in [2.24, 2.45) is 34.0 Å². The minimum atomic E-state index is -1.21. The first-order chi connectivity index (χ1) is 18.3. The van der Waals surface area contributed by atoms with E-state index in [1.165, 1.54) is 0 Å². The van der Waals surface area contributed by atoms with Gasteiger partial charge in [0, 0.05) is 13.0 Å². The number of hydrogen-bond acceptors (Lipinski definition) is 6. The fourth-order valence-electron chi connectivity index (χ4n) is 3.96. The third-order valence-corrected chi connectivity index (χ3v) is 5.88. The highest BCUT2D eigenvalue weighted by Crippen LogP contribution is 2.10. The van der Waals surface area contributed by atoms with Crippen LogP contribution in [-0.4, -0.2) is 65.5 Å². The number of carboxylic acid groups (broad SMARTS) is 1. The summed E-state index contributed by atoms with van der Waals surface area (Å²) in [4.78, 5) is 55.0. The van der Waals surface area contributed by atoms with E-state index in [2.05, 4.69) is 20.9 Å². The topological polar surface area (TPSA) is 215 Å². The summed E-state index contributed by atoms with van der Waals surface area (Å²) < 4.78 is 0. The van der Waals surface area contributed by atoms with Crippen molar-refractivity contribution < 1.29 is 24.3 Å². The number of nitrogens with two attached hydrogens (primary N) is 3. The van der Waals surface area contributed by atoms with Crippen LogP contribution in [-0.2, 0) is 25.6 Å². The largest absolute Gasteiger partial charge is 0.480 e. The van der Waals surface area contributed by atoms with Gasteiger partial charge in [-0.05, 0) is 43.1 Å². The second kappa shape index (κ2) is 17.0. The van der Waals surface area contributed by atoms with Crippen LogP contribution in [0.1, 0.15) is 58.9 Å². The van der Waals surface area contributed by atoms with E-state index in [1.54, 1.807) is 24.3 Å². The number of amides is 3. The Morgan fingerprint density at radius 3 is 1.90 bits per heavy atom. The maximum Gasteiger partial charge on any atom is 0.326 e. The van der Waals surface area contributed by atoms with Gasteiger partial charge in [0.25, 0.3) is 0 Å². The molecule has 218 valence electrons. The molecule has 0 fully saturated rings. The van der Waals surface area contributed by atoms with Crippen molar-refractivity contribution in [3.63, 3.8) is 0 Å². The number of rotatable bonds is 17. The molecule has 0 saturated carbocycles. The molecule has 0 aliphatic carbocycles. The first-order valence-corrected chi connectivity index (χ1v) is 13.3. The lowest BCUT2D eigenvalue weighted by Gasteiger charge is -2.26. The van der Waals surface area contributed by atoms with Gasteiger partial charge in [0.15, 0.2) is 5.96 Å². The van der Waals surface area contributed by atoms with E-state index in [1.807, 2.05) is 33.8 Å². The molecule has 12 nitrogen and oxygen atoms in total. The average molecular weight is 548 g/mol. The third-order valence-electron chi connectivity index (χ3n) is 5.88. The standard InChI is InChI=1S/C27H45N7O5/c1-16(2)13-19(28)23(35)33-21(14-17(3)4)25(37)32-20(11-8-12-31-27(29)30)24(36)34-22(26(38)39)15-18-9-6-5-7-10-18/h5-7,9-10,16-17,19-22H,8,11-15,28H2,1-4H3,(H,32,37)(H,33,35)(H,34,36)(H,38,39)(H4,29,30,31)/t19-,20-,21-,22-/m0/s1. The molecule has 1 rings (SSSR count). The molecule has 12 heteroatoms. The Balaban J connectivity index is 3.07. The number of carbonyl (C=O) groups is 4. The molecule has 10 N–H and O–H groups in total. The summed E-state index contributed by atoms with van der Waals surface area (Å²) in [5.41, 5.74) is 17.5. The van der Waals surface area contributed by atoms with Gasteiger partial charge in [-0.25, -0.2) is 4.79 Å². The molecule has 0 heterocycles. The molecule has 1 aromatic rings. The zero-order chi connectivity index (χ0) is 29.5. The van der Waals surface area contributed by atoms with Crippen LogP contribution in [0.3, 0.4) is 0 Å². The highest BCUT2D eigenvalue weighted by molar-refractivity contribution is 5.94. The van der Waals surface area contributed by atoms with E-state index in [0.29, 0.717) is 19.3 Å². The van der Waals surface area contributed by atoms with Gasteiger partial charge in [-0.15, -0.1) is 0 Å². The lowest BCUT2D eigenvalue weighted by Crippen LogP contribution is -2.57. The number of hydrogen-bond donors (Lipinski definition) is 7. The molecule has 0 aliphatic rings. The fraction of sp³-hybridized carbons (Fsp3) is 0.593. The van der Waals surface area contributed by atoms with Gasteiger partial charge in [-0.3, -0.25) is 19.4 Å². The monoisotopic (exact) mass is 547 g/mol. The number of carboxylic acids is 1. The molecule has 3 amide bonds. The van der Waals surface area contributed by atoms with Crippen molar-refractivity contribution >= 4 is 29.7 Å². The molecule has 1 aromatic carbocycles. The van der Waals surface area contributed by atoms with Crippen molar-refractivity contribution in [2.75, 3.05) is 6.54 Å². The summed E-state index contributed by atoms with van der Waals surface area (Å²) in [6.07, 6.45) is 1.32. The van der Waals surface area contributed by atoms with E-state index in [9.17, 15) is 24.3 Å². The van der Waals surface area contributed by atoms with Gasteiger partial charge in [-0.2, -0.15) is 0 Å². The smallest absolute Gasteiger partial charge is 0.326 e. The molecule has 4 atom stereocenters. The number of carbonyl (C=O) groups excluding carboxylic acids is 3. The van der Waals surface area contributed by atoms with Crippen LogP contribution >= 0.6 is 0 Å². The average Bonchev–Trinajstić information content (AvgIpc) is 2.84. The maximum atomic E-state index is 13.3. The predicted octanol–water partition coefficient (Wildman–Crippen LogP) is 0.241. The summed E-state index contributed by atoms with van der Waals surface area (Å²) in [6.45, 7) is 7.91. The Hall–Kier alpha value is -3.67. The molecule has 0 unspecified atom stereocenters. The fourth-order valence-corrected chi connectivity index (χ4v) is 3.96. The molecule has 39 heavy (non-hydrogen) atoms. The molecule has 0 radical (unpaired) electrons. The van der Waals surface area contributed by atoms with Crippen molar-refractivity contribution in [1.82, 2.24) is 16.0 Å². The highest BCUT2D eigenvalue weighted by atomic mass is 16.4. The van der Waals surface area contributed by atoms with Crippen LogP contribution < -0.4 is 33.2 Å². The zero-order valence-corrected chi connectivity index (χ0v) is 23.4. The number of aliphatic carboxylic acids is 1. The van der Waals surface area contributed by atoms with Gasteiger partial charge in [0.05, 0.1) is 6.04 Å². The second-order valence-corrected chi connectivity index (χ2v) is 10.5. The number of nitrogens with zero attached hydrogens (tertiary/aromatic N) is 1. The third kappa shape index (κ3) is 13.6. The summed E-state index contributed by atoms with van der Waals surface area (Å²) in [6, 6.07) is 4.89. The van der Waals surface area contributed by atoms with E-state index >= 15 is 0 Å². The van der Waals surface area contributed by atoms with E-state index in [4.69, 9.17) is 17.2 Å². The first kappa shape index (κ1) is 33.4. The summed E-state index contributed by atoms with van der Waals surface area (Å²) >= 11 is 0. The van der Waals surface area contributed by atoms with Crippen molar-refractivity contribution in [1.29, 1.82) is 0 Å². The van der Waals surface area contributed by atoms with Crippen molar-refractivity contribution in [3.05, 3.63) is 35.9 Å². The van der Waals surface area contributed by atoms with Gasteiger partial charge in [0.2, 0.25) is 17.7 Å². The minimum absolute atomic E-state index is 0.0544. The number of nitrogens with one attached hydrogen (secondary N) is 3. The highest BCUT2D eigenvalue weighted by Gasteiger charge is 2.30. The first-order valence-electron chi connectivity index (χ1n) is 13.3. The SMILES string of the molecule is CC(C)C[C@H](NC(=O)[C@@H](N)CC(C)C)C(=O)N[C@@H](CCCN=C(N)N)C(=O)N[C@@H](Cc1ccccc1)C(=O)O. The van der Waals surface area contributed by atoms with E-state index < -0.39 is 47.9 Å². The summed E-state index contributed by atoms with van der Waals surface area (Å²) in [7, 11) is 0. The van der Waals surface area contributed by atoms with Gasteiger partial charge in [-0.1, -0.05) is 58.0 Å². The molecule has 0 aromatic heterocycles. The predicted molar refractivity (Wildman–Crippen MR) is 150 cm³/mol. The Morgan fingerprint density at radius 2 is 1.36 bits per heavy atom. The second-order valence-electron chi connectivity index (χ2n) is 10.5. The quantitative estimate of drug-likeness (QED) is 0.0812. The van der Waals surface area contributed by atoms with E-state index in [-0.39, 0.29) is 37.2 Å². The van der Waals surface area contributed by atoms with Crippen LogP contribution in [0.4, 0.5) is 0 Å². The zero-order valence-electron chi connectivity index (χ0n) is 23.4. The molecule has 0 saturated heterocycles. The Labute approximate surface area is 230 Å². The summed E-state index contributed by atoms with van der Waals surface area (Å²) in [5, 5.41) is 17.7. The number of guanidine groups is 1. The molecule has 0 bridgehead atoms. The van der Waals surface area contributed by atoms with Crippen LogP contribution in [0.25, 0.3) is 0 Å². The van der Waals surface area contributed by atoms with Crippen molar-refractivity contribution in [3.8, 4) is 0 Å². The number of benzene rings is 1. The molecular weight excluding hydrogens is 502 g/mol. The Bertz CT molecular complexity index is 965. The molecule has 0 spiro atoms. The van der Waals surface area contributed by atoms with Crippen LogP contribution in [0.2, 0.25) is 0 Å². The van der Waals surface area contributed by atoms with E-state index in [0.717, 1.165) is 5.56 Å². The van der Waals surface area contributed by atoms with Crippen LogP contribution in [0, 0.1) is 11.8 Å². The van der Waals surface area contributed by atoms with Gasteiger partial charge >= 0.3 is 5.97 Å². The lowest BCUT2D eigenvalue weighted by atomic mass is 10.00. The Kier molecular flexibility index (Phi) is 14.6. The van der Waals surface area contributed by atoms with Crippen LogP contribution in [0.15, 0.2) is 35.3 Å².